The number of rotatable bonds is 3. The summed E-state index contributed by atoms with van der Waals surface area (Å²) in [6, 6.07) is 6.15. The maximum atomic E-state index is 6.13. The lowest BCUT2D eigenvalue weighted by atomic mass is 10.0. The minimum Gasteiger partial charge on any atom is -0.454 e. The zero-order valence-electron chi connectivity index (χ0n) is 8.61. The molecule has 0 bridgehead atoms. The molecule has 1 aliphatic heterocycles. The van der Waals surface area contributed by atoms with Crippen LogP contribution in [-0.4, -0.2) is 6.79 Å². The molecule has 0 radical (unpaired) electrons. The van der Waals surface area contributed by atoms with Gasteiger partial charge >= 0.3 is 0 Å². The van der Waals surface area contributed by atoms with Crippen molar-refractivity contribution >= 4 is 0 Å². The van der Waals surface area contributed by atoms with E-state index >= 15 is 0 Å². The van der Waals surface area contributed by atoms with Crippen LogP contribution in [0.3, 0.4) is 0 Å². The van der Waals surface area contributed by atoms with Gasteiger partial charge in [0.15, 0.2) is 11.5 Å². The van der Waals surface area contributed by atoms with E-state index in [1.54, 1.807) is 0 Å². The molecule has 1 aromatic rings. The Balaban J connectivity index is 1.78. The van der Waals surface area contributed by atoms with Crippen LogP contribution in [0.25, 0.3) is 0 Å². The van der Waals surface area contributed by atoms with Crippen molar-refractivity contribution in [1.82, 2.24) is 0 Å². The number of nitrogens with two attached hydrogens (primary N) is 1. The normalized spacial score (nSPS) is 20.3. The lowest BCUT2D eigenvalue weighted by Gasteiger charge is -2.11. The Labute approximate surface area is 89.2 Å². The van der Waals surface area contributed by atoms with E-state index in [2.05, 4.69) is 0 Å². The Morgan fingerprint density at radius 2 is 2.07 bits per heavy atom. The number of hydrogen-bond donors (Lipinski definition) is 1. The van der Waals surface area contributed by atoms with Gasteiger partial charge in [0.2, 0.25) is 6.79 Å². The van der Waals surface area contributed by atoms with E-state index in [9.17, 15) is 0 Å². The minimum atomic E-state index is 0.145. The summed E-state index contributed by atoms with van der Waals surface area (Å²) in [6.07, 6.45) is 3.79. The van der Waals surface area contributed by atoms with E-state index in [0.717, 1.165) is 29.4 Å². The van der Waals surface area contributed by atoms with Crippen molar-refractivity contribution in [3.63, 3.8) is 0 Å². The topological polar surface area (TPSA) is 44.5 Å². The average molecular weight is 205 g/mol. The first-order valence-electron chi connectivity index (χ1n) is 5.48. The molecular formula is C12H15NO2. The van der Waals surface area contributed by atoms with E-state index in [-0.39, 0.29) is 6.04 Å². The zero-order valence-corrected chi connectivity index (χ0v) is 8.61. The highest BCUT2D eigenvalue weighted by atomic mass is 16.7. The smallest absolute Gasteiger partial charge is 0.231 e. The van der Waals surface area contributed by atoms with Crippen LogP contribution < -0.4 is 15.2 Å². The number of ether oxygens (including phenoxy) is 2. The Bertz CT molecular complexity index is 374. The molecule has 15 heavy (non-hydrogen) atoms. The number of fused-ring (bicyclic) bond motifs is 1. The van der Waals surface area contributed by atoms with Gasteiger partial charge < -0.3 is 15.2 Å². The predicted octanol–water partition coefficient (Wildman–Crippen LogP) is 2.22. The lowest BCUT2D eigenvalue weighted by Crippen LogP contribution is -2.10. The van der Waals surface area contributed by atoms with Crippen molar-refractivity contribution < 1.29 is 9.47 Å². The molecular weight excluding hydrogens is 190 g/mol. The summed E-state index contributed by atoms with van der Waals surface area (Å²) in [5, 5.41) is 0. The average Bonchev–Trinajstić information content (AvgIpc) is 2.94. The molecule has 3 heteroatoms. The molecule has 1 atom stereocenters. The molecule has 0 aromatic heterocycles. The second kappa shape index (κ2) is 3.42. The van der Waals surface area contributed by atoms with Gasteiger partial charge in [-0.1, -0.05) is 18.9 Å². The van der Waals surface area contributed by atoms with E-state index in [1.165, 1.54) is 12.8 Å². The van der Waals surface area contributed by atoms with Crippen molar-refractivity contribution in [3.8, 4) is 11.5 Å². The van der Waals surface area contributed by atoms with Gasteiger partial charge in [-0.25, -0.2) is 0 Å². The third-order valence-electron chi connectivity index (χ3n) is 3.11. The molecule has 0 spiro atoms. The number of benzene rings is 1. The van der Waals surface area contributed by atoms with Crippen LogP contribution in [-0.2, 0) is 0 Å². The molecule has 1 heterocycles. The molecule has 0 amide bonds. The maximum absolute atomic E-state index is 6.13. The first-order chi connectivity index (χ1) is 7.33. The summed E-state index contributed by atoms with van der Waals surface area (Å²) in [5.74, 6) is 2.52. The van der Waals surface area contributed by atoms with Crippen LogP contribution in [0, 0.1) is 5.92 Å². The van der Waals surface area contributed by atoms with E-state index in [0.29, 0.717) is 6.79 Å². The summed E-state index contributed by atoms with van der Waals surface area (Å²) in [6.45, 7) is 0.330. The Morgan fingerprint density at radius 3 is 2.87 bits per heavy atom. The van der Waals surface area contributed by atoms with Crippen LogP contribution in [0.2, 0.25) is 0 Å². The van der Waals surface area contributed by atoms with Crippen LogP contribution in [0.5, 0.6) is 11.5 Å². The van der Waals surface area contributed by atoms with E-state index in [4.69, 9.17) is 15.2 Å². The summed E-state index contributed by atoms with van der Waals surface area (Å²) < 4.78 is 10.6. The third-order valence-corrected chi connectivity index (χ3v) is 3.11. The predicted molar refractivity (Wildman–Crippen MR) is 56.8 cm³/mol. The molecule has 1 unspecified atom stereocenters. The fourth-order valence-electron chi connectivity index (χ4n) is 1.99. The summed E-state index contributed by atoms with van der Waals surface area (Å²) in [4.78, 5) is 0. The Hall–Kier alpha value is -1.22. The maximum Gasteiger partial charge on any atom is 0.231 e. The molecule has 1 aliphatic carbocycles. The molecule has 1 fully saturated rings. The van der Waals surface area contributed by atoms with Gasteiger partial charge in [0, 0.05) is 6.04 Å². The molecule has 0 saturated heterocycles. The first-order valence-corrected chi connectivity index (χ1v) is 5.48. The fraction of sp³-hybridized carbons (Fsp3) is 0.500. The first kappa shape index (κ1) is 9.04. The van der Waals surface area contributed by atoms with Crippen LogP contribution in [0.1, 0.15) is 30.9 Å². The second-order valence-electron chi connectivity index (χ2n) is 4.40. The van der Waals surface area contributed by atoms with Gasteiger partial charge in [0.05, 0.1) is 0 Å². The van der Waals surface area contributed by atoms with Crippen molar-refractivity contribution in [3.05, 3.63) is 23.8 Å². The molecule has 1 saturated carbocycles. The largest absolute Gasteiger partial charge is 0.454 e. The van der Waals surface area contributed by atoms with Crippen molar-refractivity contribution in [2.75, 3.05) is 6.79 Å². The van der Waals surface area contributed by atoms with Gasteiger partial charge in [-0.05, 0) is 30.0 Å². The van der Waals surface area contributed by atoms with Crippen molar-refractivity contribution in [1.29, 1.82) is 0 Å². The van der Waals surface area contributed by atoms with Crippen molar-refractivity contribution in [2.24, 2.45) is 11.7 Å². The molecule has 2 N–H and O–H groups in total. The quantitative estimate of drug-likeness (QED) is 0.822. The summed E-state index contributed by atoms with van der Waals surface area (Å²) >= 11 is 0. The molecule has 3 nitrogen and oxygen atoms in total. The van der Waals surface area contributed by atoms with Crippen LogP contribution in [0.4, 0.5) is 0 Å². The second-order valence-corrected chi connectivity index (χ2v) is 4.40. The van der Waals surface area contributed by atoms with Crippen LogP contribution >= 0.6 is 0 Å². The standard InChI is InChI=1S/C12H15NO2/c13-10(5-8-1-2-8)9-3-4-11-12(6-9)15-7-14-11/h3-4,6,8,10H,1-2,5,7,13H2. The Kier molecular flexibility index (Phi) is 2.06. The summed E-state index contributed by atoms with van der Waals surface area (Å²) in [5.41, 5.74) is 7.29. The Morgan fingerprint density at radius 1 is 1.27 bits per heavy atom. The lowest BCUT2D eigenvalue weighted by molar-refractivity contribution is 0.174. The molecule has 2 aliphatic rings. The highest BCUT2D eigenvalue weighted by Crippen LogP contribution is 2.39. The number of hydrogen-bond acceptors (Lipinski definition) is 3. The van der Waals surface area contributed by atoms with Gasteiger partial charge in [0.25, 0.3) is 0 Å². The highest BCUT2D eigenvalue weighted by Gasteiger charge is 2.25. The molecule has 1 aromatic carbocycles. The fourth-order valence-corrected chi connectivity index (χ4v) is 1.99. The van der Waals surface area contributed by atoms with Crippen molar-refractivity contribution in [2.45, 2.75) is 25.3 Å². The van der Waals surface area contributed by atoms with Gasteiger partial charge in [-0.2, -0.15) is 0 Å². The minimum absolute atomic E-state index is 0.145. The van der Waals surface area contributed by atoms with Crippen LogP contribution in [0.15, 0.2) is 18.2 Å². The van der Waals surface area contributed by atoms with E-state index in [1.807, 2.05) is 18.2 Å². The van der Waals surface area contributed by atoms with E-state index < -0.39 is 0 Å². The van der Waals surface area contributed by atoms with Gasteiger partial charge in [-0.15, -0.1) is 0 Å². The van der Waals surface area contributed by atoms with Gasteiger partial charge in [-0.3, -0.25) is 0 Å². The SMILES string of the molecule is NC(CC1CC1)c1ccc2c(c1)OCO2. The monoisotopic (exact) mass is 205 g/mol. The summed E-state index contributed by atoms with van der Waals surface area (Å²) in [7, 11) is 0. The third kappa shape index (κ3) is 1.79. The zero-order chi connectivity index (χ0) is 10.3. The molecule has 3 rings (SSSR count). The molecule has 80 valence electrons. The van der Waals surface area contributed by atoms with Gasteiger partial charge in [0.1, 0.15) is 0 Å². The highest BCUT2D eigenvalue weighted by molar-refractivity contribution is 5.45.